The molecule has 6 heteroatoms. The number of aliphatic hydroxyl groups excluding tert-OH is 1. The minimum atomic E-state index is -0.371. The number of rotatable bonds is 6. The van der Waals surface area contributed by atoms with Crippen molar-refractivity contribution in [1.29, 1.82) is 0 Å². The molecule has 0 aliphatic rings. The third-order valence-corrected chi connectivity index (χ3v) is 3.49. The predicted molar refractivity (Wildman–Crippen MR) is 85.2 cm³/mol. The van der Waals surface area contributed by atoms with Crippen LogP contribution >= 0.6 is 11.6 Å². The van der Waals surface area contributed by atoms with E-state index in [1.807, 2.05) is 13.8 Å². The maximum Gasteiger partial charge on any atom is 0.319 e. The molecule has 1 aromatic rings. The lowest BCUT2D eigenvalue weighted by atomic mass is 10.1. The molecular formula is C15H23ClN2O3. The van der Waals surface area contributed by atoms with Crippen LogP contribution in [0.5, 0.6) is 5.75 Å². The van der Waals surface area contributed by atoms with E-state index < -0.39 is 0 Å². The number of halogens is 1. The molecule has 0 heterocycles. The first-order valence-corrected chi connectivity index (χ1v) is 7.28. The summed E-state index contributed by atoms with van der Waals surface area (Å²) < 4.78 is 5.20. The van der Waals surface area contributed by atoms with Crippen LogP contribution in [0.2, 0.25) is 5.02 Å². The number of carbonyl (C=O) groups excluding carboxylic acids is 1. The molecule has 0 unspecified atom stereocenters. The van der Waals surface area contributed by atoms with Crippen LogP contribution in [0.1, 0.15) is 25.8 Å². The fraction of sp³-hybridized carbons (Fsp3) is 0.533. The molecule has 3 N–H and O–H groups in total. The lowest BCUT2D eigenvalue weighted by molar-refractivity contribution is 0.163. The van der Waals surface area contributed by atoms with Crippen molar-refractivity contribution in [2.75, 3.05) is 19.0 Å². The van der Waals surface area contributed by atoms with Gasteiger partial charge in [0.15, 0.2) is 0 Å². The van der Waals surface area contributed by atoms with Gasteiger partial charge in [-0.2, -0.15) is 0 Å². The molecule has 0 aliphatic heterocycles. The number of benzene rings is 1. The lowest BCUT2D eigenvalue weighted by Crippen LogP contribution is -2.33. The molecule has 5 nitrogen and oxygen atoms in total. The average molecular weight is 315 g/mol. The van der Waals surface area contributed by atoms with Gasteiger partial charge < -0.3 is 20.5 Å². The van der Waals surface area contributed by atoms with E-state index >= 15 is 0 Å². The molecule has 2 amide bonds. The highest BCUT2D eigenvalue weighted by atomic mass is 35.5. The van der Waals surface area contributed by atoms with Crippen molar-refractivity contribution in [2.24, 2.45) is 5.92 Å². The first kappa shape index (κ1) is 17.6. The molecule has 0 saturated heterocycles. The van der Waals surface area contributed by atoms with Gasteiger partial charge in [-0.3, -0.25) is 0 Å². The number of aliphatic hydroxyl groups is 1. The highest BCUT2D eigenvalue weighted by Crippen LogP contribution is 2.30. The maximum atomic E-state index is 11.9. The van der Waals surface area contributed by atoms with Gasteiger partial charge in [-0.05, 0) is 37.8 Å². The highest BCUT2D eigenvalue weighted by molar-refractivity contribution is 6.31. The zero-order valence-corrected chi connectivity index (χ0v) is 13.6. The van der Waals surface area contributed by atoms with Gasteiger partial charge in [0, 0.05) is 17.6 Å². The van der Waals surface area contributed by atoms with Crippen LogP contribution in [0, 0.1) is 12.8 Å². The number of ether oxygens (including phenoxy) is 1. The summed E-state index contributed by atoms with van der Waals surface area (Å²) in [4.78, 5) is 11.9. The van der Waals surface area contributed by atoms with Gasteiger partial charge in [0.25, 0.3) is 0 Å². The average Bonchev–Trinajstić information content (AvgIpc) is 2.39. The number of methoxy groups -OCH3 is 1. The van der Waals surface area contributed by atoms with E-state index in [9.17, 15) is 9.90 Å². The number of urea groups is 1. The third-order valence-electron chi connectivity index (χ3n) is 3.08. The van der Waals surface area contributed by atoms with Crippen molar-refractivity contribution >= 4 is 23.3 Å². The van der Waals surface area contributed by atoms with Crippen molar-refractivity contribution in [3.8, 4) is 5.75 Å². The summed E-state index contributed by atoms with van der Waals surface area (Å²) in [6.07, 6.45) is 0.271. The molecule has 0 radical (unpaired) electrons. The Morgan fingerprint density at radius 1 is 1.43 bits per heavy atom. The van der Waals surface area contributed by atoms with Crippen LogP contribution < -0.4 is 15.4 Å². The second-order valence-electron chi connectivity index (χ2n) is 5.33. The molecule has 21 heavy (non-hydrogen) atoms. The van der Waals surface area contributed by atoms with Crippen molar-refractivity contribution in [3.05, 3.63) is 22.7 Å². The van der Waals surface area contributed by atoms with E-state index in [1.54, 1.807) is 19.1 Å². The Bertz CT molecular complexity index is 492. The van der Waals surface area contributed by atoms with E-state index in [-0.39, 0.29) is 18.1 Å². The molecule has 0 aromatic heterocycles. The number of amides is 2. The van der Waals surface area contributed by atoms with Gasteiger partial charge in [-0.25, -0.2) is 4.79 Å². The number of anilines is 1. The van der Waals surface area contributed by atoms with Gasteiger partial charge in [0.2, 0.25) is 0 Å². The fourth-order valence-corrected chi connectivity index (χ4v) is 2.18. The predicted octanol–water partition coefficient (Wildman–Crippen LogP) is 3.19. The maximum absolute atomic E-state index is 11.9. The Labute approximate surface area is 130 Å². The molecule has 1 rings (SSSR count). The van der Waals surface area contributed by atoms with Crippen molar-refractivity contribution in [2.45, 2.75) is 33.3 Å². The topological polar surface area (TPSA) is 70.6 Å². The van der Waals surface area contributed by atoms with Gasteiger partial charge in [-0.1, -0.05) is 18.5 Å². The fourth-order valence-electron chi connectivity index (χ4n) is 2.03. The highest BCUT2D eigenvalue weighted by Gasteiger charge is 2.12. The first-order chi connectivity index (χ1) is 9.83. The van der Waals surface area contributed by atoms with E-state index in [1.165, 1.54) is 7.11 Å². The Morgan fingerprint density at radius 2 is 2.10 bits per heavy atom. The van der Waals surface area contributed by atoms with Gasteiger partial charge in [0.1, 0.15) is 5.75 Å². The Kier molecular flexibility index (Phi) is 6.78. The molecule has 1 aromatic carbocycles. The lowest BCUT2D eigenvalue weighted by Gasteiger charge is -2.16. The molecule has 118 valence electrons. The number of nitrogens with one attached hydrogen (secondary N) is 2. The van der Waals surface area contributed by atoms with Crippen molar-refractivity contribution < 1.29 is 14.6 Å². The van der Waals surface area contributed by atoms with Crippen LogP contribution in [-0.2, 0) is 0 Å². The Hall–Kier alpha value is -1.46. The zero-order chi connectivity index (χ0) is 16.0. The van der Waals surface area contributed by atoms with Crippen molar-refractivity contribution in [1.82, 2.24) is 5.32 Å². The normalized spacial score (nSPS) is 13.4. The van der Waals surface area contributed by atoms with Crippen LogP contribution in [-0.4, -0.2) is 30.9 Å². The summed E-state index contributed by atoms with van der Waals surface area (Å²) in [5.74, 6) is 0.711. The standard InChI is InChI=1S/C15H23ClN2O3/c1-9(5-11(3)19)8-17-15(20)18-13-6-10(2)12(16)7-14(13)21-4/h6-7,9,11,19H,5,8H2,1-4H3,(H2,17,18,20)/t9-,11+/m0/s1. The first-order valence-electron chi connectivity index (χ1n) is 6.90. The molecular weight excluding hydrogens is 292 g/mol. The van der Waals surface area contributed by atoms with E-state index in [0.717, 1.165) is 5.56 Å². The zero-order valence-electron chi connectivity index (χ0n) is 12.9. The summed E-state index contributed by atoms with van der Waals surface area (Å²) in [7, 11) is 1.52. The van der Waals surface area contributed by atoms with Crippen LogP contribution in [0.15, 0.2) is 12.1 Å². The minimum Gasteiger partial charge on any atom is -0.495 e. The molecule has 0 fully saturated rings. The summed E-state index contributed by atoms with van der Waals surface area (Å²) in [6, 6.07) is 3.12. The summed E-state index contributed by atoms with van der Waals surface area (Å²) in [5, 5.41) is 15.4. The second kappa shape index (κ2) is 8.10. The number of aryl methyl sites for hydroxylation is 1. The monoisotopic (exact) mass is 314 g/mol. The van der Waals surface area contributed by atoms with E-state index in [2.05, 4.69) is 10.6 Å². The molecule has 0 bridgehead atoms. The quantitative estimate of drug-likeness (QED) is 0.755. The van der Waals surface area contributed by atoms with Gasteiger partial charge >= 0.3 is 6.03 Å². The summed E-state index contributed by atoms with van der Waals surface area (Å²) in [5.41, 5.74) is 1.43. The van der Waals surface area contributed by atoms with E-state index in [4.69, 9.17) is 16.3 Å². The second-order valence-corrected chi connectivity index (χ2v) is 5.73. The SMILES string of the molecule is COc1cc(Cl)c(C)cc1NC(=O)NC[C@@H](C)C[C@@H](C)O. The van der Waals surface area contributed by atoms with Crippen LogP contribution in [0.25, 0.3) is 0 Å². The summed E-state index contributed by atoms with van der Waals surface area (Å²) >= 11 is 6.02. The van der Waals surface area contributed by atoms with Crippen LogP contribution in [0.3, 0.4) is 0 Å². The number of hydrogen-bond acceptors (Lipinski definition) is 3. The number of carbonyl (C=O) groups is 1. The van der Waals surface area contributed by atoms with E-state index in [0.29, 0.717) is 29.4 Å². The van der Waals surface area contributed by atoms with Crippen LogP contribution in [0.4, 0.5) is 10.5 Å². The Balaban J connectivity index is 2.61. The molecule has 0 aliphatic carbocycles. The van der Waals surface area contributed by atoms with Gasteiger partial charge in [0.05, 0.1) is 18.9 Å². The molecule has 2 atom stereocenters. The van der Waals surface area contributed by atoms with Crippen molar-refractivity contribution in [3.63, 3.8) is 0 Å². The minimum absolute atomic E-state index is 0.199. The largest absolute Gasteiger partial charge is 0.495 e. The third kappa shape index (κ3) is 5.81. The molecule has 0 spiro atoms. The summed E-state index contributed by atoms with van der Waals surface area (Å²) in [6.45, 7) is 6.05. The van der Waals surface area contributed by atoms with Gasteiger partial charge in [-0.15, -0.1) is 0 Å². The number of hydrogen-bond donors (Lipinski definition) is 3. The smallest absolute Gasteiger partial charge is 0.319 e. The Morgan fingerprint density at radius 3 is 2.67 bits per heavy atom. The molecule has 0 saturated carbocycles.